The molecule has 0 saturated heterocycles. The van der Waals surface area contributed by atoms with Crippen molar-refractivity contribution in [2.45, 2.75) is 19.4 Å². The Morgan fingerprint density at radius 1 is 1.73 bits per heavy atom. The Morgan fingerprint density at radius 3 is 2.93 bits per heavy atom. The standard InChI is InChI=1S/C10H17N3O2/c1-4-11-9(10(14)15-3)5-8-6-13(2)7-12-8/h6-7,9,11H,4-5H2,1-3H3/t9-/m0/s1. The van der Waals surface area contributed by atoms with Crippen molar-refractivity contribution in [3.8, 4) is 0 Å². The summed E-state index contributed by atoms with van der Waals surface area (Å²) < 4.78 is 6.56. The lowest BCUT2D eigenvalue weighted by Crippen LogP contribution is -2.39. The van der Waals surface area contributed by atoms with Crippen molar-refractivity contribution < 1.29 is 9.53 Å². The summed E-state index contributed by atoms with van der Waals surface area (Å²) >= 11 is 0. The number of ether oxygens (including phenoxy) is 1. The number of carbonyl (C=O) groups excluding carboxylic acids is 1. The molecule has 0 amide bonds. The zero-order valence-electron chi connectivity index (χ0n) is 9.36. The Hall–Kier alpha value is -1.36. The molecule has 0 spiro atoms. The fourth-order valence-electron chi connectivity index (χ4n) is 1.41. The first-order valence-corrected chi connectivity index (χ1v) is 4.95. The van der Waals surface area contributed by atoms with E-state index < -0.39 is 0 Å². The van der Waals surface area contributed by atoms with Crippen molar-refractivity contribution in [3.63, 3.8) is 0 Å². The van der Waals surface area contributed by atoms with Gasteiger partial charge in [0.25, 0.3) is 0 Å². The third kappa shape index (κ3) is 3.36. The van der Waals surface area contributed by atoms with Gasteiger partial charge in [-0.25, -0.2) is 4.98 Å². The number of nitrogens with zero attached hydrogens (tertiary/aromatic N) is 2. The maximum Gasteiger partial charge on any atom is 0.323 e. The molecule has 0 bridgehead atoms. The van der Waals surface area contributed by atoms with Crippen LogP contribution in [0.25, 0.3) is 0 Å². The molecule has 0 aliphatic heterocycles. The van der Waals surface area contributed by atoms with Gasteiger partial charge >= 0.3 is 5.97 Å². The molecule has 1 aromatic heterocycles. The Morgan fingerprint density at radius 2 is 2.47 bits per heavy atom. The van der Waals surface area contributed by atoms with Crippen molar-refractivity contribution in [1.29, 1.82) is 0 Å². The average molecular weight is 211 g/mol. The van der Waals surface area contributed by atoms with Crippen LogP contribution in [0.1, 0.15) is 12.6 Å². The molecule has 0 unspecified atom stereocenters. The van der Waals surface area contributed by atoms with E-state index in [1.807, 2.05) is 24.7 Å². The van der Waals surface area contributed by atoms with Crippen molar-refractivity contribution >= 4 is 5.97 Å². The minimum Gasteiger partial charge on any atom is -0.468 e. The molecule has 1 aromatic rings. The van der Waals surface area contributed by atoms with E-state index in [1.54, 1.807) is 6.33 Å². The van der Waals surface area contributed by atoms with E-state index in [-0.39, 0.29) is 12.0 Å². The summed E-state index contributed by atoms with van der Waals surface area (Å²) in [6.07, 6.45) is 4.17. The van der Waals surface area contributed by atoms with Crippen LogP contribution in [0.5, 0.6) is 0 Å². The number of rotatable bonds is 5. The van der Waals surface area contributed by atoms with Gasteiger partial charge in [0.1, 0.15) is 6.04 Å². The lowest BCUT2D eigenvalue weighted by atomic mass is 10.1. The number of esters is 1. The van der Waals surface area contributed by atoms with Crippen LogP contribution in [-0.4, -0.2) is 35.2 Å². The highest BCUT2D eigenvalue weighted by Crippen LogP contribution is 2.01. The van der Waals surface area contributed by atoms with Crippen LogP contribution in [0.3, 0.4) is 0 Å². The summed E-state index contributed by atoms with van der Waals surface area (Å²) in [6.45, 7) is 2.68. The molecule has 5 heteroatoms. The van der Waals surface area contributed by atoms with Gasteiger partial charge in [0.05, 0.1) is 19.1 Å². The molecule has 0 aliphatic rings. The van der Waals surface area contributed by atoms with Gasteiger partial charge in [0, 0.05) is 19.7 Å². The third-order valence-electron chi connectivity index (χ3n) is 2.11. The number of nitrogens with one attached hydrogen (secondary N) is 1. The van der Waals surface area contributed by atoms with Gasteiger partial charge < -0.3 is 14.6 Å². The molecule has 1 rings (SSSR count). The van der Waals surface area contributed by atoms with E-state index in [4.69, 9.17) is 4.74 Å². The largest absolute Gasteiger partial charge is 0.468 e. The van der Waals surface area contributed by atoms with Crippen molar-refractivity contribution in [2.75, 3.05) is 13.7 Å². The van der Waals surface area contributed by atoms with Gasteiger partial charge in [-0.1, -0.05) is 6.92 Å². The second kappa shape index (κ2) is 5.50. The zero-order valence-corrected chi connectivity index (χ0v) is 9.36. The normalized spacial score (nSPS) is 12.5. The monoisotopic (exact) mass is 211 g/mol. The topological polar surface area (TPSA) is 56.2 Å². The van der Waals surface area contributed by atoms with E-state index in [9.17, 15) is 4.79 Å². The van der Waals surface area contributed by atoms with Gasteiger partial charge in [-0.15, -0.1) is 0 Å². The molecule has 1 atom stereocenters. The zero-order chi connectivity index (χ0) is 11.3. The minimum atomic E-state index is -0.310. The van der Waals surface area contributed by atoms with Gasteiger partial charge in [0.15, 0.2) is 0 Å². The van der Waals surface area contributed by atoms with E-state index in [2.05, 4.69) is 10.3 Å². The quantitative estimate of drug-likeness (QED) is 0.702. The van der Waals surface area contributed by atoms with Gasteiger partial charge in [-0.05, 0) is 6.54 Å². The third-order valence-corrected chi connectivity index (χ3v) is 2.11. The van der Waals surface area contributed by atoms with E-state index in [0.717, 1.165) is 12.2 Å². The smallest absolute Gasteiger partial charge is 0.323 e. The Bertz CT molecular complexity index is 322. The number of imidazole rings is 1. The summed E-state index contributed by atoms with van der Waals surface area (Å²) in [5.41, 5.74) is 0.883. The van der Waals surface area contributed by atoms with E-state index in [0.29, 0.717) is 6.42 Å². The number of likely N-dealkylation sites (N-methyl/N-ethyl adjacent to an activating group) is 1. The van der Waals surface area contributed by atoms with Crippen molar-refractivity contribution in [2.24, 2.45) is 7.05 Å². The second-order valence-electron chi connectivity index (χ2n) is 3.37. The van der Waals surface area contributed by atoms with Crippen LogP contribution >= 0.6 is 0 Å². The molecule has 0 fully saturated rings. The average Bonchev–Trinajstić information content (AvgIpc) is 2.62. The Labute approximate surface area is 89.4 Å². The van der Waals surface area contributed by atoms with Crippen LogP contribution in [-0.2, 0) is 23.0 Å². The van der Waals surface area contributed by atoms with Crippen LogP contribution in [0.2, 0.25) is 0 Å². The van der Waals surface area contributed by atoms with Crippen molar-refractivity contribution in [3.05, 3.63) is 18.2 Å². The first kappa shape index (κ1) is 11.7. The highest BCUT2D eigenvalue weighted by atomic mass is 16.5. The lowest BCUT2D eigenvalue weighted by Gasteiger charge is -2.13. The number of aryl methyl sites for hydroxylation is 1. The van der Waals surface area contributed by atoms with E-state index >= 15 is 0 Å². The molecule has 84 valence electrons. The Balaban J connectivity index is 2.62. The predicted octanol–water partition coefficient (Wildman–Crippen LogP) is 0.114. The highest BCUT2D eigenvalue weighted by Gasteiger charge is 2.19. The molecule has 5 nitrogen and oxygen atoms in total. The van der Waals surface area contributed by atoms with Crippen LogP contribution in [0.4, 0.5) is 0 Å². The fraction of sp³-hybridized carbons (Fsp3) is 0.600. The molecule has 0 aromatic carbocycles. The molecule has 0 aliphatic carbocycles. The van der Waals surface area contributed by atoms with Gasteiger partial charge in [-0.2, -0.15) is 0 Å². The molecular formula is C10H17N3O2. The molecule has 0 saturated carbocycles. The summed E-state index contributed by atoms with van der Waals surface area (Å²) in [6, 6.07) is -0.310. The minimum absolute atomic E-state index is 0.248. The number of carbonyl (C=O) groups is 1. The van der Waals surface area contributed by atoms with Crippen LogP contribution in [0.15, 0.2) is 12.5 Å². The van der Waals surface area contributed by atoms with Crippen LogP contribution in [0, 0.1) is 0 Å². The first-order valence-electron chi connectivity index (χ1n) is 4.95. The van der Waals surface area contributed by atoms with Gasteiger partial charge in [0.2, 0.25) is 0 Å². The lowest BCUT2D eigenvalue weighted by molar-refractivity contribution is -0.143. The van der Waals surface area contributed by atoms with Crippen molar-refractivity contribution in [1.82, 2.24) is 14.9 Å². The molecule has 0 radical (unpaired) electrons. The fourth-order valence-corrected chi connectivity index (χ4v) is 1.41. The number of hydrogen-bond donors (Lipinski definition) is 1. The van der Waals surface area contributed by atoms with Crippen LogP contribution < -0.4 is 5.32 Å². The SMILES string of the molecule is CCN[C@@H](Cc1cn(C)cn1)C(=O)OC. The predicted molar refractivity (Wildman–Crippen MR) is 56.4 cm³/mol. The molecular weight excluding hydrogens is 194 g/mol. The molecule has 1 N–H and O–H groups in total. The first-order chi connectivity index (χ1) is 7.17. The summed E-state index contributed by atoms with van der Waals surface area (Å²) in [4.78, 5) is 15.6. The maximum atomic E-state index is 11.4. The summed E-state index contributed by atoms with van der Waals surface area (Å²) in [7, 11) is 3.29. The number of hydrogen-bond acceptors (Lipinski definition) is 4. The maximum absolute atomic E-state index is 11.4. The summed E-state index contributed by atoms with van der Waals surface area (Å²) in [5, 5.41) is 3.07. The van der Waals surface area contributed by atoms with Gasteiger partial charge in [-0.3, -0.25) is 4.79 Å². The molecule has 1 heterocycles. The second-order valence-corrected chi connectivity index (χ2v) is 3.37. The Kier molecular flexibility index (Phi) is 4.30. The summed E-state index contributed by atoms with van der Waals surface area (Å²) in [5.74, 6) is -0.248. The number of aromatic nitrogens is 2. The van der Waals surface area contributed by atoms with E-state index in [1.165, 1.54) is 7.11 Å². The molecule has 15 heavy (non-hydrogen) atoms. The highest BCUT2D eigenvalue weighted by molar-refractivity contribution is 5.75. The number of methoxy groups -OCH3 is 1.